The molecule has 0 saturated heterocycles. The van der Waals surface area contributed by atoms with Gasteiger partial charge in [0.2, 0.25) is 5.88 Å². The largest absolute Gasteiger partial charge is 0.480 e. The minimum atomic E-state index is -0.602. The van der Waals surface area contributed by atoms with Crippen molar-refractivity contribution in [1.29, 1.82) is 0 Å². The molecule has 12 heavy (non-hydrogen) atoms. The van der Waals surface area contributed by atoms with Gasteiger partial charge in [0, 0.05) is 11.8 Å². The highest BCUT2D eigenvalue weighted by atomic mass is 35.5. The molecule has 1 unspecified atom stereocenters. The van der Waals surface area contributed by atoms with Crippen LogP contribution in [0.25, 0.3) is 0 Å². The summed E-state index contributed by atoms with van der Waals surface area (Å²) in [5.41, 5.74) is 0.628. The molecular formula is C8H10ClNO2. The van der Waals surface area contributed by atoms with Gasteiger partial charge < -0.3 is 9.84 Å². The lowest BCUT2D eigenvalue weighted by molar-refractivity contribution is 0.198. The van der Waals surface area contributed by atoms with Gasteiger partial charge in [-0.15, -0.1) is 0 Å². The van der Waals surface area contributed by atoms with Crippen LogP contribution in [0.3, 0.4) is 0 Å². The topological polar surface area (TPSA) is 42.4 Å². The van der Waals surface area contributed by atoms with Crippen molar-refractivity contribution < 1.29 is 9.84 Å². The summed E-state index contributed by atoms with van der Waals surface area (Å²) < 4.78 is 4.88. The number of hydrogen-bond donors (Lipinski definition) is 1. The Labute approximate surface area is 76.0 Å². The highest BCUT2D eigenvalue weighted by molar-refractivity contribution is 6.32. The third kappa shape index (κ3) is 1.68. The van der Waals surface area contributed by atoms with Crippen molar-refractivity contribution >= 4 is 11.6 Å². The molecule has 1 heterocycles. The lowest BCUT2D eigenvalue weighted by atomic mass is 10.2. The number of pyridine rings is 1. The first-order valence-electron chi connectivity index (χ1n) is 3.53. The van der Waals surface area contributed by atoms with E-state index in [4.69, 9.17) is 16.3 Å². The number of rotatable bonds is 2. The summed E-state index contributed by atoms with van der Waals surface area (Å²) in [6.07, 6.45) is 0.946. The highest BCUT2D eigenvalue weighted by Crippen LogP contribution is 2.29. The first-order chi connectivity index (χ1) is 5.66. The van der Waals surface area contributed by atoms with Crippen LogP contribution in [0.2, 0.25) is 5.02 Å². The van der Waals surface area contributed by atoms with Crippen LogP contribution in [0, 0.1) is 0 Å². The SMILES string of the molecule is COc1nccc(C(C)O)c1Cl. The van der Waals surface area contributed by atoms with Crippen LogP contribution in [0.5, 0.6) is 5.88 Å². The zero-order valence-electron chi connectivity index (χ0n) is 6.91. The van der Waals surface area contributed by atoms with Gasteiger partial charge in [0.15, 0.2) is 0 Å². The average molecular weight is 188 g/mol. The Morgan fingerprint density at radius 1 is 1.67 bits per heavy atom. The van der Waals surface area contributed by atoms with E-state index in [0.717, 1.165) is 0 Å². The quantitative estimate of drug-likeness (QED) is 0.768. The second-order valence-corrected chi connectivity index (χ2v) is 2.78. The van der Waals surface area contributed by atoms with Gasteiger partial charge in [0.05, 0.1) is 13.2 Å². The maximum atomic E-state index is 9.26. The lowest BCUT2D eigenvalue weighted by Crippen LogP contribution is -1.96. The van der Waals surface area contributed by atoms with Gasteiger partial charge in [0.25, 0.3) is 0 Å². The van der Waals surface area contributed by atoms with Crippen molar-refractivity contribution in [3.05, 3.63) is 22.8 Å². The second-order valence-electron chi connectivity index (χ2n) is 2.40. The lowest BCUT2D eigenvalue weighted by Gasteiger charge is -2.08. The fraction of sp³-hybridized carbons (Fsp3) is 0.375. The molecule has 0 spiro atoms. The molecule has 0 aliphatic rings. The Balaban J connectivity index is 3.14. The molecule has 4 heteroatoms. The third-order valence-electron chi connectivity index (χ3n) is 1.53. The van der Waals surface area contributed by atoms with E-state index >= 15 is 0 Å². The summed E-state index contributed by atoms with van der Waals surface area (Å²) in [5, 5.41) is 9.63. The fourth-order valence-electron chi connectivity index (χ4n) is 0.904. The Kier molecular flexibility index (Phi) is 2.89. The van der Waals surface area contributed by atoms with Gasteiger partial charge in [-0.2, -0.15) is 0 Å². The van der Waals surface area contributed by atoms with Crippen LogP contribution in [0.15, 0.2) is 12.3 Å². The van der Waals surface area contributed by atoms with E-state index in [1.54, 1.807) is 19.2 Å². The van der Waals surface area contributed by atoms with E-state index in [9.17, 15) is 5.11 Å². The summed E-state index contributed by atoms with van der Waals surface area (Å²) in [5.74, 6) is 0.343. The monoisotopic (exact) mass is 187 g/mol. The van der Waals surface area contributed by atoms with E-state index in [2.05, 4.69) is 4.98 Å². The number of ether oxygens (including phenoxy) is 1. The number of aliphatic hydroxyl groups is 1. The normalized spacial score (nSPS) is 12.7. The molecular weight excluding hydrogens is 178 g/mol. The van der Waals surface area contributed by atoms with E-state index in [-0.39, 0.29) is 0 Å². The number of aliphatic hydroxyl groups excluding tert-OH is 1. The van der Waals surface area contributed by atoms with Crippen LogP contribution >= 0.6 is 11.6 Å². The van der Waals surface area contributed by atoms with Crippen LogP contribution < -0.4 is 4.74 Å². The second kappa shape index (κ2) is 3.74. The van der Waals surface area contributed by atoms with Gasteiger partial charge >= 0.3 is 0 Å². The first-order valence-corrected chi connectivity index (χ1v) is 3.91. The van der Waals surface area contributed by atoms with Crippen LogP contribution in [-0.4, -0.2) is 17.2 Å². The summed E-state index contributed by atoms with van der Waals surface area (Å²) in [4.78, 5) is 3.87. The van der Waals surface area contributed by atoms with Crippen molar-refractivity contribution in [2.45, 2.75) is 13.0 Å². The number of hydrogen-bond acceptors (Lipinski definition) is 3. The smallest absolute Gasteiger partial charge is 0.232 e. The van der Waals surface area contributed by atoms with E-state index in [0.29, 0.717) is 16.5 Å². The van der Waals surface area contributed by atoms with Crippen molar-refractivity contribution in [1.82, 2.24) is 4.98 Å². The third-order valence-corrected chi connectivity index (χ3v) is 1.91. The van der Waals surface area contributed by atoms with Crippen molar-refractivity contribution in [3.8, 4) is 5.88 Å². The molecule has 0 aliphatic carbocycles. The number of nitrogens with zero attached hydrogens (tertiary/aromatic N) is 1. The molecule has 0 aliphatic heterocycles. The Hall–Kier alpha value is -0.800. The van der Waals surface area contributed by atoms with E-state index < -0.39 is 6.10 Å². The molecule has 0 fully saturated rings. The molecule has 0 radical (unpaired) electrons. The van der Waals surface area contributed by atoms with Gasteiger partial charge in [-0.3, -0.25) is 0 Å². The van der Waals surface area contributed by atoms with Crippen molar-refractivity contribution in [3.63, 3.8) is 0 Å². The molecule has 0 amide bonds. The number of methoxy groups -OCH3 is 1. The van der Waals surface area contributed by atoms with E-state index in [1.165, 1.54) is 7.11 Å². The molecule has 0 aromatic carbocycles. The maximum Gasteiger partial charge on any atom is 0.232 e. The van der Waals surface area contributed by atoms with Crippen LogP contribution in [0.1, 0.15) is 18.6 Å². The predicted molar refractivity (Wildman–Crippen MR) is 46.4 cm³/mol. The average Bonchev–Trinajstić information content (AvgIpc) is 2.04. The highest BCUT2D eigenvalue weighted by Gasteiger charge is 2.10. The first kappa shape index (κ1) is 9.29. The van der Waals surface area contributed by atoms with Crippen LogP contribution in [-0.2, 0) is 0 Å². The number of halogens is 1. The zero-order valence-corrected chi connectivity index (χ0v) is 7.67. The molecule has 3 nitrogen and oxygen atoms in total. The zero-order chi connectivity index (χ0) is 9.14. The fourth-order valence-corrected chi connectivity index (χ4v) is 1.25. The van der Waals surface area contributed by atoms with Gasteiger partial charge in [-0.05, 0) is 13.0 Å². The standard InChI is InChI=1S/C8H10ClNO2/c1-5(11)6-3-4-10-8(12-2)7(6)9/h3-5,11H,1-2H3. The minimum Gasteiger partial charge on any atom is -0.480 e. The molecule has 1 atom stereocenters. The molecule has 1 rings (SSSR count). The molecule has 1 aromatic heterocycles. The molecule has 66 valence electrons. The Morgan fingerprint density at radius 2 is 2.33 bits per heavy atom. The molecule has 1 N–H and O–H groups in total. The minimum absolute atomic E-state index is 0.343. The summed E-state index contributed by atoms with van der Waals surface area (Å²) in [6.45, 7) is 1.64. The van der Waals surface area contributed by atoms with Gasteiger partial charge in [-0.25, -0.2) is 4.98 Å². The Morgan fingerprint density at radius 3 is 2.83 bits per heavy atom. The molecule has 1 aromatic rings. The number of aromatic nitrogens is 1. The van der Waals surface area contributed by atoms with Crippen molar-refractivity contribution in [2.75, 3.05) is 7.11 Å². The summed E-state index contributed by atoms with van der Waals surface area (Å²) >= 11 is 5.86. The van der Waals surface area contributed by atoms with E-state index in [1.807, 2.05) is 0 Å². The maximum absolute atomic E-state index is 9.26. The van der Waals surface area contributed by atoms with Gasteiger partial charge in [-0.1, -0.05) is 11.6 Å². The van der Waals surface area contributed by atoms with Gasteiger partial charge in [0.1, 0.15) is 5.02 Å². The summed E-state index contributed by atoms with van der Waals surface area (Å²) in [7, 11) is 1.49. The summed E-state index contributed by atoms with van der Waals surface area (Å²) in [6, 6.07) is 1.66. The molecule has 0 bridgehead atoms. The van der Waals surface area contributed by atoms with Crippen LogP contribution in [0.4, 0.5) is 0 Å². The Bertz CT molecular complexity index is 276. The predicted octanol–water partition coefficient (Wildman–Crippen LogP) is 1.80. The van der Waals surface area contributed by atoms with Crippen molar-refractivity contribution in [2.24, 2.45) is 0 Å². The molecule has 0 saturated carbocycles.